The van der Waals surface area contributed by atoms with Crippen LogP contribution in [0.15, 0.2) is 0 Å². The van der Waals surface area contributed by atoms with E-state index in [4.69, 9.17) is 0 Å². The second-order valence-corrected chi connectivity index (χ2v) is 3.54. The summed E-state index contributed by atoms with van der Waals surface area (Å²) in [5.41, 5.74) is 0. The molecule has 0 nitrogen and oxygen atoms in total. The molecule has 0 aromatic carbocycles. The Morgan fingerprint density at radius 2 is 0.364 bits per heavy atom. The molecule has 67 valence electrons. The van der Waals surface area contributed by atoms with E-state index in [1.165, 1.54) is 64.2 Å². The first kappa shape index (κ1) is 11.5. The molecule has 0 saturated heterocycles. The van der Waals surface area contributed by atoms with Crippen molar-refractivity contribution in [2.45, 2.75) is 64.2 Å². The average Bonchev–Trinajstić information content (AvgIpc) is 2.67. The van der Waals surface area contributed by atoms with Crippen LogP contribution in [0, 0.1) is 0 Å². The summed E-state index contributed by atoms with van der Waals surface area (Å²) in [4.78, 5) is 0. The first-order valence-electron chi connectivity index (χ1n) is 5.00. The predicted octanol–water partition coefficient (Wildman–Crippen LogP) is 3.90. The van der Waals surface area contributed by atoms with Crippen LogP contribution in [0.5, 0.6) is 0 Å². The van der Waals surface area contributed by atoms with Gasteiger partial charge in [-0.3, -0.25) is 0 Å². The molecule has 11 heavy (non-hydrogen) atoms. The molecule has 1 radical (unpaired) electrons. The molecule has 0 atom stereocenters. The van der Waals surface area contributed by atoms with Gasteiger partial charge >= 0.3 is 0 Å². The zero-order valence-corrected chi connectivity index (χ0v) is 8.63. The van der Waals surface area contributed by atoms with Gasteiger partial charge in [0.05, 0.1) is 0 Å². The summed E-state index contributed by atoms with van der Waals surface area (Å²) < 4.78 is 0. The summed E-state index contributed by atoms with van der Waals surface area (Å²) in [6.07, 6.45) is 15.0. The number of rotatable bonds is 0. The van der Waals surface area contributed by atoms with Gasteiger partial charge < -0.3 is 0 Å². The fraction of sp³-hybridized carbons (Fsp3) is 1.00. The van der Waals surface area contributed by atoms with Crippen molar-refractivity contribution in [3.05, 3.63) is 0 Å². The smallest absolute Gasteiger partial charge is 0 e. The topological polar surface area (TPSA) is 0 Å². The van der Waals surface area contributed by atoms with Gasteiger partial charge in [-0.15, -0.1) is 0 Å². The quantitative estimate of drug-likeness (QED) is 0.514. The van der Waals surface area contributed by atoms with E-state index in [-0.39, 0.29) is 17.1 Å². The van der Waals surface area contributed by atoms with Crippen molar-refractivity contribution in [1.82, 2.24) is 0 Å². The van der Waals surface area contributed by atoms with Crippen molar-refractivity contribution in [2.24, 2.45) is 0 Å². The maximum atomic E-state index is 1.50. The second-order valence-electron chi connectivity index (χ2n) is 3.54. The Morgan fingerprint density at radius 3 is 0.455 bits per heavy atom. The molecule has 0 aromatic rings. The van der Waals surface area contributed by atoms with Crippen LogP contribution in [-0.2, 0) is 17.1 Å². The molecule has 2 aliphatic rings. The van der Waals surface area contributed by atoms with Crippen LogP contribution >= 0.6 is 0 Å². The van der Waals surface area contributed by atoms with Gasteiger partial charge in [0.1, 0.15) is 0 Å². The minimum atomic E-state index is 0. The molecule has 0 amide bonds. The molecule has 0 unspecified atom stereocenters. The van der Waals surface area contributed by atoms with Crippen molar-refractivity contribution in [3.63, 3.8) is 0 Å². The molecule has 2 fully saturated rings. The Kier molecular flexibility index (Phi) is 9.02. The van der Waals surface area contributed by atoms with Crippen LogP contribution < -0.4 is 0 Å². The zero-order chi connectivity index (χ0) is 7.07. The molecule has 0 bridgehead atoms. The molecular formula is C10H20Mn. The van der Waals surface area contributed by atoms with Gasteiger partial charge in [0, 0.05) is 17.1 Å². The van der Waals surface area contributed by atoms with Gasteiger partial charge in [0.15, 0.2) is 0 Å². The van der Waals surface area contributed by atoms with Gasteiger partial charge in [0.25, 0.3) is 0 Å². The Hall–Kier alpha value is 0.519. The van der Waals surface area contributed by atoms with Crippen LogP contribution in [0.2, 0.25) is 0 Å². The van der Waals surface area contributed by atoms with E-state index < -0.39 is 0 Å². The van der Waals surface area contributed by atoms with Gasteiger partial charge in [-0.2, -0.15) is 0 Å². The maximum Gasteiger partial charge on any atom is 0 e. The van der Waals surface area contributed by atoms with Crippen molar-refractivity contribution >= 4 is 0 Å². The summed E-state index contributed by atoms with van der Waals surface area (Å²) >= 11 is 0. The predicted molar refractivity (Wildman–Crippen MR) is 46.2 cm³/mol. The third-order valence-electron chi connectivity index (χ3n) is 2.50. The van der Waals surface area contributed by atoms with Crippen LogP contribution in [0.4, 0.5) is 0 Å². The van der Waals surface area contributed by atoms with E-state index in [0.29, 0.717) is 0 Å². The third kappa shape index (κ3) is 6.90. The summed E-state index contributed by atoms with van der Waals surface area (Å²) in [6.45, 7) is 0. The van der Waals surface area contributed by atoms with E-state index in [0.717, 1.165) is 0 Å². The second kappa shape index (κ2) is 8.61. The monoisotopic (exact) mass is 195 g/mol. The minimum absolute atomic E-state index is 0. The van der Waals surface area contributed by atoms with Crippen molar-refractivity contribution in [2.75, 3.05) is 0 Å². The van der Waals surface area contributed by atoms with Crippen LogP contribution in [0.3, 0.4) is 0 Å². The van der Waals surface area contributed by atoms with Gasteiger partial charge in [-0.1, -0.05) is 64.2 Å². The van der Waals surface area contributed by atoms with E-state index >= 15 is 0 Å². The number of hydrogen-bond acceptors (Lipinski definition) is 0. The summed E-state index contributed by atoms with van der Waals surface area (Å²) in [7, 11) is 0. The molecule has 0 heterocycles. The molecule has 2 aliphatic carbocycles. The first-order valence-corrected chi connectivity index (χ1v) is 5.00. The molecule has 0 aromatic heterocycles. The Bertz CT molecular complexity index is 38.1. The van der Waals surface area contributed by atoms with E-state index in [9.17, 15) is 0 Å². The van der Waals surface area contributed by atoms with Crippen molar-refractivity contribution < 1.29 is 17.1 Å². The number of hydrogen-bond donors (Lipinski definition) is 0. The van der Waals surface area contributed by atoms with Gasteiger partial charge in [0.2, 0.25) is 0 Å². The molecule has 0 aliphatic heterocycles. The van der Waals surface area contributed by atoms with Crippen LogP contribution in [0.25, 0.3) is 0 Å². The van der Waals surface area contributed by atoms with Gasteiger partial charge in [-0.05, 0) is 0 Å². The molecule has 2 rings (SSSR count). The van der Waals surface area contributed by atoms with E-state index in [1.807, 2.05) is 0 Å². The van der Waals surface area contributed by atoms with E-state index in [2.05, 4.69) is 0 Å². The first-order chi connectivity index (χ1) is 5.00. The van der Waals surface area contributed by atoms with Crippen LogP contribution in [0.1, 0.15) is 64.2 Å². The van der Waals surface area contributed by atoms with Crippen LogP contribution in [-0.4, -0.2) is 0 Å². The van der Waals surface area contributed by atoms with Crippen molar-refractivity contribution in [3.8, 4) is 0 Å². The normalized spacial score (nSPS) is 21.8. The third-order valence-corrected chi connectivity index (χ3v) is 2.50. The Labute approximate surface area is 81.6 Å². The largest absolute Gasteiger partial charge is 0.0533 e. The Morgan fingerprint density at radius 1 is 0.273 bits per heavy atom. The molecule has 2 saturated carbocycles. The maximum absolute atomic E-state index is 1.50. The van der Waals surface area contributed by atoms with Crippen molar-refractivity contribution in [1.29, 1.82) is 0 Å². The standard InChI is InChI=1S/2C5H10.Mn/c2*1-2-4-5-3-1;/h2*1-5H2;. The minimum Gasteiger partial charge on any atom is -0.0533 e. The summed E-state index contributed by atoms with van der Waals surface area (Å²) in [6, 6.07) is 0. The fourth-order valence-electron chi connectivity index (χ4n) is 1.77. The Balaban J connectivity index is 0.000000167. The average molecular weight is 195 g/mol. The summed E-state index contributed by atoms with van der Waals surface area (Å²) in [5, 5.41) is 0. The molecular weight excluding hydrogens is 175 g/mol. The molecule has 0 spiro atoms. The SMILES string of the molecule is C1CCCC1.C1CCCC1.[Mn]. The fourth-order valence-corrected chi connectivity index (χ4v) is 1.77. The molecule has 1 heteroatoms. The van der Waals surface area contributed by atoms with Gasteiger partial charge in [-0.25, -0.2) is 0 Å². The summed E-state index contributed by atoms with van der Waals surface area (Å²) in [5.74, 6) is 0. The van der Waals surface area contributed by atoms with E-state index in [1.54, 1.807) is 0 Å². The molecule has 0 N–H and O–H groups in total. The zero-order valence-electron chi connectivity index (χ0n) is 7.45.